The minimum Gasteiger partial charge on any atom is -0.370 e. The number of nitro groups is 1. The number of nitrogens with two attached hydrogens (primary N) is 1. The van der Waals surface area contributed by atoms with Crippen LogP contribution in [-0.4, -0.2) is 28.5 Å². The van der Waals surface area contributed by atoms with Crippen LogP contribution < -0.4 is 10.5 Å². The van der Waals surface area contributed by atoms with Gasteiger partial charge in [-0.1, -0.05) is 0 Å². The Bertz CT molecular complexity index is 758. The fourth-order valence-electron chi connectivity index (χ4n) is 1.69. The number of anilines is 1. The van der Waals surface area contributed by atoms with Gasteiger partial charge in [-0.2, -0.15) is 5.10 Å². The summed E-state index contributed by atoms with van der Waals surface area (Å²) in [4.78, 5) is 14.0. The molecule has 1 unspecified atom stereocenters. The molecule has 0 spiro atoms. The third kappa shape index (κ3) is 3.32. The maximum absolute atomic E-state index is 11.2. The summed E-state index contributed by atoms with van der Waals surface area (Å²) in [5.74, 6) is 0.486. The molecule has 0 radical (unpaired) electrons. The lowest BCUT2D eigenvalue weighted by molar-refractivity contribution is -0.384. The lowest BCUT2D eigenvalue weighted by Gasteiger charge is -2.13. The van der Waals surface area contributed by atoms with E-state index in [1.165, 1.54) is 18.5 Å². The number of aromatic amines is 1. The van der Waals surface area contributed by atoms with Crippen molar-refractivity contribution in [2.75, 3.05) is 5.32 Å². The zero-order chi connectivity index (χ0) is 15.6. The molecule has 2 rings (SSSR count). The summed E-state index contributed by atoms with van der Waals surface area (Å²) in [6.07, 6.45) is 1.31. The molecule has 1 aromatic carbocycles. The zero-order valence-electron chi connectivity index (χ0n) is 10.8. The van der Waals surface area contributed by atoms with Crippen molar-refractivity contribution in [3.05, 3.63) is 40.5 Å². The smallest absolute Gasteiger partial charge is 0.293 e. The Morgan fingerprint density at radius 3 is 2.71 bits per heavy atom. The molecule has 0 fully saturated rings. The molecule has 1 atom stereocenters. The quantitative estimate of drug-likeness (QED) is 0.536. The Balaban J connectivity index is 2.38. The summed E-state index contributed by atoms with van der Waals surface area (Å²) in [6.45, 7) is 1.72. The lowest BCUT2D eigenvalue weighted by Crippen LogP contribution is -2.14. The fourth-order valence-corrected chi connectivity index (χ4v) is 2.22. The summed E-state index contributed by atoms with van der Waals surface area (Å²) in [6, 6.07) is 3.00. The molecule has 2 aromatic rings. The van der Waals surface area contributed by atoms with E-state index < -0.39 is 20.6 Å². The van der Waals surface area contributed by atoms with Crippen molar-refractivity contribution in [1.29, 1.82) is 0 Å². The van der Waals surface area contributed by atoms with E-state index in [-0.39, 0.29) is 16.6 Å². The first kappa shape index (κ1) is 14.9. The van der Waals surface area contributed by atoms with E-state index in [1.54, 1.807) is 6.92 Å². The van der Waals surface area contributed by atoms with Crippen molar-refractivity contribution in [2.24, 2.45) is 5.14 Å². The molecular formula is C10H12N6O4S. The standard InChI is InChI=1S/C10H12N6O4S/c1-6(10-12-5-13-15-10)14-8-3-2-7(21(11,19)20)4-9(8)16(17)18/h2-6,14H,1H3,(H2,11,19,20)(H,12,13,15). The number of aromatic nitrogens is 3. The monoisotopic (exact) mass is 312 g/mol. The first-order valence-electron chi connectivity index (χ1n) is 5.72. The lowest BCUT2D eigenvalue weighted by atomic mass is 10.2. The van der Waals surface area contributed by atoms with E-state index in [0.717, 1.165) is 6.07 Å². The normalized spacial score (nSPS) is 12.9. The van der Waals surface area contributed by atoms with Gasteiger partial charge in [0.15, 0.2) is 0 Å². The Kier molecular flexibility index (Phi) is 3.86. The molecule has 1 aromatic heterocycles. The van der Waals surface area contributed by atoms with Gasteiger partial charge in [-0.15, -0.1) is 0 Å². The van der Waals surface area contributed by atoms with Gasteiger partial charge < -0.3 is 5.32 Å². The van der Waals surface area contributed by atoms with Crippen LogP contribution in [0.15, 0.2) is 29.4 Å². The number of nitrogens with one attached hydrogen (secondary N) is 2. The number of rotatable bonds is 5. The summed E-state index contributed by atoms with van der Waals surface area (Å²) in [5, 5.41) is 25.2. The molecule has 0 saturated carbocycles. The van der Waals surface area contributed by atoms with E-state index in [9.17, 15) is 18.5 Å². The molecule has 0 aliphatic rings. The molecule has 112 valence electrons. The van der Waals surface area contributed by atoms with E-state index in [2.05, 4.69) is 20.5 Å². The maximum atomic E-state index is 11.2. The average molecular weight is 312 g/mol. The molecule has 0 amide bonds. The Labute approximate surface area is 119 Å². The zero-order valence-corrected chi connectivity index (χ0v) is 11.7. The predicted molar refractivity (Wildman–Crippen MR) is 72.9 cm³/mol. The van der Waals surface area contributed by atoms with Gasteiger partial charge in [0.2, 0.25) is 10.0 Å². The predicted octanol–water partition coefficient (Wildman–Crippen LogP) is 0.533. The number of sulfonamides is 1. The van der Waals surface area contributed by atoms with Crippen LogP contribution in [0.25, 0.3) is 0 Å². The van der Waals surface area contributed by atoms with Crippen molar-refractivity contribution < 1.29 is 13.3 Å². The average Bonchev–Trinajstić information content (AvgIpc) is 2.91. The highest BCUT2D eigenvalue weighted by Crippen LogP contribution is 2.29. The summed E-state index contributed by atoms with van der Waals surface area (Å²) in [7, 11) is -4.01. The SMILES string of the molecule is CC(Nc1ccc(S(N)(=O)=O)cc1[N+](=O)[O-])c1ncn[nH]1. The van der Waals surface area contributed by atoms with Crippen LogP contribution in [0.5, 0.6) is 0 Å². The molecular weight excluding hydrogens is 300 g/mol. The van der Waals surface area contributed by atoms with Crippen LogP contribution in [0.4, 0.5) is 11.4 Å². The summed E-state index contributed by atoms with van der Waals surface area (Å²) >= 11 is 0. The second-order valence-corrected chi connectivity index (χ2v) is 5.78. The molecule has 21 heavy (non-hydrogen) atoms. The first-order valence-corrected chi connectivity index (χ1v) is 7.26. The van der Waals surface area contributed by atoms with Gasteiger partial charge in [-0.05, 0) is 19.1 Å². The van der Waals surface area contributed by atoms with Crippen LogP contribution in [0.1, 0.15) is 18.8 Å². The van der Waals surface area contributed by atoms with E-state index in [0.29, 0.717) is 5.82 Å². The Morgan fingerprint density at radius 1 is 1.48 bits per heavy atom. The van der Waals surface area contributed by atoms with Gasteiger partial charge in [0.05, 0.1) is 15.9 Å². The molecule has 0 saturated heterocycles. The van der Waals surface area contributed by atoms with Crippen LogP contribution in [0.3, 0.4) is 0 Å². The van der Waals surface area contributed by atoms with Crippen molar-refractivity contribution >= 4 is 21.4 Å². The Morgan fingerprint density at radius 2 is 2.19 bits per heavy atom. The number of H-pyrrole nitrogens is 1. The van der Waals surface area contributed by atoms with Gasteiger partial charge in [0.1, 0.15) is 17.8 Å². The van der Waals surface area contributed by atoms with E-state index in [1.807, 2.05) is 0 Å². The van der Waals surface area contributed by atoms with Gasteiger partial charge in [-0.25, -0.2) is 18.5 Å². The van der Waals surface area contributed by atoms with E-state index >= 15 is 0 Å². The van der Waals surface area contributed by atoms with Gasteiger partial charge >= 0.3 is 0 Å². The molecule has 1 heterocycles. The molecule has 0 bridgehead atoms. The molecule has 10 nitrogen and oxygen atoms in total. The number of nitrogens with zero attached hydrogens (tertiary/aromatic N) is 3. The van der Waals surface area contributed by atoms with E-state index in [4.69, 9.17) is 5.14 Å². The van der Waals surface area contributed by atoms with Crippen molar-refractivity contribution in [3.63, 3.8) is 0 Å². The molecule has 11 heteroatoms. The first-order chi connectivity index (χ1) is 9.79. The summed E-state index contributed by atoms with van der Waals surface area (Å²) < 4.78 is 22.5. The maximum Gasteiger partial charge on any atom is 0.293 e. The largest absolute Gasteiger partial charge is 0.370 e. The number of benzene rings is 1. The number of hydrogen-bond donors (Lipinski definition) is 3. The topological polar surface area (TPSA) is 157 Å². The van der Waals surface area contributed by atoms with Crippen molar-refractivity contribution in [3.8, 4) is 0 Å². The number of primary sulfonamides is 1. The molecule has 4 N–H and O–H groups in total. The molecule has 0 aliphatic carbocycles. The van der Waals surface area contributed by atoms with Crippen LogP contribution >= 0.6 is 0 Å². The number of nitro benzene ring substituents is 1. The second kappa shape index (κ2) is 5.46. The number of hydrogen-bond acceptors (Lipinski definition) is 7. The van der Waals surface area contributed by atoms with Crippen LogP contribution in [-0.2, 0) is 10.0 Å². The van der Waals surface area contributed by atoms with Crippen LogP contribution in [0, 0.1) is 10.1 Å². The highest BCUT2D eigenvalue weighted by molar-refractivity contribution is 7.89. The second-order valence-electron chi connectivity index (χ2n) is 4.22. The molecule has 0 aliphatic heterocycles. The van der Waals surface area contributed by atoms with Gasteiger partial charge in [-0.3, -0.25) is 15.2 Å². The van der Waals surface area contributed by atoms with Gasteiger partial charge in [0.25, 0.3) is 5.69 Å². The summed E-state index contributed by atoms with van der Waals surface area (Å²) in [5.41, 5.74) is -0.246. The third-order valence-corrected chi connectivity index (χ3v) is 3.62. The Hall–Kier alpha value is -2.53. The fraction of sp³-hybridized carbons (Fsp3) is 0.200. The minimum atomic E-state index is -4.01. The third-order valence-electron chi connectivity index (χ3n) is 2.71. The minimum absolute atomic E-state index is 0.149. The van der Waals surface area contributed by atoms with Crippen molar-refractivity contribution in [2.45, 2.75) is 17.9 Å². The van der Waals surface area contributed by atoms with Crippen molar-refractivity contribution in [1.82, 2.24) is 15.2 Å². The highest BCUT2D eigenvalue weighted by atomic mass is 32.2. The van der Waals surface area contributed by atoms with Crippen LogP contribution in [0.2, 0.25) is 0 Å². The van der Waals surface area contributed by atoms with Gasteiger partial charge in [0, 0.05) is 6.07 Å². The highest BCUT2D eigenvalue weighted by Gasteiger charge is 2.21.